The van der Waals surface area contributed by atoms with Crippen molar-refractivity contribution in [1.29, 1.82) is 0 Å². The van der Waals surface area contributed by atoms with Crippen molar-refractivity contribution in [3.8, 4) is 0 Å². The zero-order valence-corrected chi connectivity index (χ0v) is 14.6. The molecule has 24 heavy (non-hydrogen) atoms. The van der Waals surface area contributed by atoms with Crippen molar-refractivity contribution < 1.29 is 9.59 Å². The summed E-state index contributed by atoms with van der Waals surface area (Å²) in [5, 5.41) is 3.04. The quantitative estimate of drug-likeness (QED) is 0.914. The minimum Gasteiger partial charge on any atom is -0.343 e. The molecule has 2 fully saturated rings. The number of piperidine rings is 1. The second-order valence-electron chi connectivity index (χ2n) is 7.23. The lowest BCUT2D eigenvalue weighted by molar-refractivity contribution is -0.132. The van der Waals surface area contributed by atoms with E-state index in [-0.39, 0.29) is 17.7 Å². The number of rotatable bonds is 3. The standard InChI is InChI=1S/C20H28N2O2/c1-15(23)22-13-11-18(12-14-22)20(24)21-19-9-7-17(8-10-19)16-5-3-2-4-6-16/h7-10,16,18H,2-6,11-14H2,1H3,(H,21,24). The summed E-state index contributed by atoms with van der Waals surface area (Å²) >= 11 is 0. The van der Waals surface area contributed by atoms with Crippen molar-refractivity contribution in [2.45, 2.75) is 57.8 Å². The average Bonchev–Trinajstić information content (AvgIpc) is 2.63. The van der Waals surface area contributed by atoms with E-state index in [0.29, 0.717) is 19.0 Å². The second kappa shape index (κ2) is 7.82. The zero-order valence-electron chi connectivity index (χ0n) is 14.6. The number of carbonyl (C=O) groups excluding carboxylic acids is 2. The van der Waals surface area contributed by atoms with Crippen molar-refractivity contribution in [3.63, 3.8) is 0 Å². The normalized spacial score (nSPS) is 20.0. The number of hydrogen-bond acceptors (Lipinski definition) is 2. The first-order chi connectivity index (χ1) is 11.6. The fraction of sp³-hybridized carbons (Fsp3) is 0.600. The molecule has 3 rings (SSSR count). The smallest absolute Gasteiger partial charge is 0.227 e. The lowest BCUT2D eigenvalue weighted by atomic mass is 9.84. The number of anilines is 1. The van der Waals surface area contributed by atoms with Crippen LogP contribution in [0.4, 0.5) is 5.69 Å². The van der Waals surface area contributed by atoms with Gasteiger partial charge in [0.25, 0.3) is 0 Å². The maximum atomic E-state index is 12.4. The van der Waals surface area contributed by atoms with Gasteiger partial charge in [-0.2, -0.15) is 0 Å². The topological polar surface area (TPSA) is 49.4 Å². The van der Waals surface area contributed by atoms with E-state index in [2.05, 4.69) is 17.4 Å². The van der Waals surface area contributed by atoms with Crippen LogP contribution in [0.15, 0.2) is 24.3 Å². The molecule has 2 amide bonds. The maximum Gasteiger partial charge on any atom is 0.227 e. The summed E-state index contributed by atoms with van der Waals surface area (Å²) in [6.07, 6.45) is 8.13. The Morgan fingerprint density at radius 2 is 1.58 bits per heavy atom. The molecule has 1 aliphatic heterocycles. The van der Waals surface area contributed by atoms with Crippen LogP contribution >= 0.6 is 0 Å². The number of nitrogens with zero attached hydrogens (tertiary/aromatic N) is 1. The van der Waals surface area contributed by atoms with Crippen LogP contribution in [0.25, 0.3) is 0 Å². The van der Waals surface area contributed by atoms with Crippen LogP contribution in [-0.4, -0.2) is 29.8 Å². The minimum atomic E-state index is 0.0126. The molecule has 1 aromatic carbocycles. The number of benzene rings is 1. The summed E-state index contributed by atoms with van der Waals surface area (Å²) in [7, 11) is 0. The lowest BCUT2D eigenvalue weighted by Gasteiger charge is -2.30. The summed E-state index contributed by atoms with van der Waals surface area (Å²) in [6, 6.07) is 8.41. The molecule has 1 saturated heterocycles. The third kappa shape index (κ3) is 4.16. The van der Waals surface area contributed by atoms with E-state index in [1.165, 1.54) is 37.7 Å². The molecule has 0 unspecified atom stereocenters. The molecule has 1 saturated carbocycles. The molecule has 1 heterocycles. The highest BCUT2D eigenvalue weighted by Gasteiger charge is 2.26. The molecule has 4 nitrogen and oxygen atoms in total. The van der Waals surface area contributed by atoms with Gasteiger partial charge in [-0.25, -0.2) is 0 Å². The minimum absolute atomic E-state index is 0.0126. The van der Waals surface area contributed by atoms with Gasteiger partial charge >= 0.3 is 0 Å². The van der Waals surface area contributed by atoms with Crippen LogP contribution in [0.1, 0.15) is 63.4 Å². The van der Waals surface area contributed by atoms with Crippen LogP contribution in [0.3, 0.4) is 0 Å². The highest BCUT2D eigenvalue weighted by Crippen LogP contribution is 2.33. The van der Waals surface area contributed by atoms with E-state index in [4.69, 9.17) is 0 Å². The van der Waals surface area contributed by atoms with Gasteiger partial charge in [-0.05, 0) is 49.3 Å². The van der Waals surface area contributed by atoms with E-state index in [9.17, 15) is 9.59 Å². The predicted octanol–water partition coefficient (Wildman–Crippen LogP) is 3.93. The largest absolute Gasteiger partial charge is 0.343 e. The van der Waals surface area contributed by atoms with Crippen LogP contribution in [-0.2, 0) is 9.59 Å². The van der Waals surface area contributed by atoms with E-state index in [1.807, 2.05) is 17.0 Å². The Morgan fingerprint density at radius 3 is 2.17 bits per heavy atom. The molecule has 0 aromatic heterocycles. The molecular weight excluding hydrogens is 300 g/mol. The summed E-state index contributed by atoms with van der Waals surface area (Å²) in [5.41, 5.74) is 2.29. The summed E-state index contributed by atoms with van der Waals surface area (Å²) in [6.45, 7) is 2.97. The Morgan fingerprint density at radius 1 is 0.958 bits per heavy atom. The van der Waals surface area contributed by atoms with Crippen molar-refractivity contribution >= 4 is 17.5 Å². The van der Waals surface area contributed by atoms with Crippen LogP contribution in [0, 0.1) is 5.92 Å². The maximum absolute atomic E-state index is 12.4. The van der Waals surface area contributed by atoms with Gasteiger partial charge in [0.1, 0.15) is 0 Å². The number of hydrogen-bond donors (Lipinski definition) is 1. The number of carbonyl (C=O) groups is 2. The summed E-state index contributed by atoms with van der Waals surface area (Å²) < 4.78 is 0. The molecule has 1 N–H and O–H groups in total. The Balaban J connectivity index is 1.52. The Kier molecular flexibility index (Phi) is 5.54. The van der Waals surface area contributed by atoms with Gasteiger partial charge in [0.2, 0.25) is 11.8 Å². The third-order valence-electron chi connectivity index (χ3n) is 5.57. The average molecular weight is 328 g/mol. The first kappa shape index (κ1) is 17.0. The number of likely N-dealkylation sites (tertiary alicyclic amines) is 1. The molecule has 2 aliphatic rings. The summed E-state index contributed by atoms with van der Waals surface area (Å²) in [5.74, 6) is 0.897. The summed E-state index contributed by atoms with van der Waals surface area (Å²) in [4.78, 5) is 25.6. The SMILES string of the molecule is CC(=O)N1CCC(C(=O)Nc2ccc(C3CCCCC3)cc2)CC1. The first-order valence-electron chi connectivity index (χ1n) is 9.30. The van der Waals surface area contributed by atoms with Gasteiger partial charge in [0.15, 0.2) is 0 Å². The van der Waals surface area contributed by atoms with Crippen molar-refractivity contribution in [2.24, 2.45) is 5.92 Å². The highest BCUT2D eigenvalue weighted by molar-refractivity contribution is 5.92. The number of nitrogens with one attached hydrogen (secondary N) is 1. The lowest BCUT2D eigenvalue weighted by Crippen LogP contribution is -2.40. The van der Waals surface area contributed by atoms with E-state index in [0.717, 1.165) is 18.5 Å². The van der Waals surface area contributed by atoms with Gasteiger partial charge in [-0.3, -0.25) is 9.59 Å². The molecule has 0 bridgehead atoms. The van der Waals surface area contributed by atoms with Crippen molar-refractivity contribution in [2.75, 3.05) is 18.4 Å². The van der Waals surface area contributed by atoms with Crippen molar-refractivity contribution in [3.05, 3.63) is 29.8 Å². The Hall–Kier alpha value is -1.84. The van der Waals surface area contributed by atoms with E-state index < -0.39 is 0 Å². The molecule has 0 atom stereocenters. The van der Waals surface area contributed by atoms with Crippen LogP contribution in [0.5, 0.6) is 0 Å². The molecule has 0 spiro atoms. The molecule has 0 radical (unpaired) electrons. The van der Waals surface area contributed by atoms with Crippen LogP contribution in [0.2, 0.25) is 0 Å². The fourth-order valence-electron chi connectivity index (χ4n) is 3.98. The third-order valence-corrected chi connectivity index (χ3v) is 5.57. The Labute approximate surface area is 144 Å². The van der Waals surface area contributed by atoms with Crippen molar-refractivity contribution in [1.82, 2.24) is 4.90 Å². The molecule has 130 valence electrons. The first-order valence-corrected chi connectivity index (χ1v) is 9.30. The molecular formula is C20H28N2O2. The zero-order chi connectivity index (χ0) is 16.9. The van der Waals surface area contributed by atoms with Gasteiger partial charge in [0.05, 0.1) is 0 Å². The number of amides is 2. The monoisotopic (exact) mass is 328 g/mol. The molecule has 1 aromatic rings. The van der Waals surface area contributed by atoms with Gasteiger partial charge in [0, 0.05) is 31.6 Å². The molecule has 1 aliphatic carbocycles. The predicted molar refractivity (Wildman–Crippen MR) is 95.9 cm³/mol. The van der Waals surface area contributed by atoms with Gasteiger partial charge < -0.3 is 10.2 Å². The van der Waals surface area contributed by atoms with Gasteiger partial charge in [-0.15, -0.1) is 0 Å². The highest BCUT2D eigenvalue weighted by atomic mass is 16.2. The fourth-order valence-corrected chi connectivity index (χ4v) is 3.98. The van der Waals surface area contributed by atoms with Crippen LogP contribution < -0.4 is 5.32 Å². The second-order valence-corrected chi connectivity index (χ2v) is 7.23. The van der Waals surface area contributed by atoms with Gasteiger partial charge in [-0.1, -0.05) is 31.4 Å². The molecule has 4 heteroatoms. The Bertz CT molecular complexity index is 568. The van der Waals surface area contributed by atoms with E-state index >= 15 is 0 Å². The van der Waals surface area contributed by atoms with E-state index in [1.54, 1.807) is 6.92 Å².